The van der Waals surface area contributed by atoms with E-state index in [0.717, 1.165) is 45.4 Å². The predicted molar refractivity (Wildman–Crippen MR) is 62.7 cm³/mol. The second-order valence-corrected chi connectivity index (χ2v) is 7.82. The van der Waals surface area contributed by atoms with Crippen LogP contribution in [0.25, 0.3) is 0 Å². The summed E-state index contributed by atoms with van der Waals surface area (Å²) in [6, 6.07) is 0. The lowest BCUT2D eigenvalue weighted by Crippen LogP contribution is -2.43. The minimum Gasteiger partial charge on any atom is -0.316 e. The summed E-state index contributed by atoms with van der Waals surface area (Å²) in [7, 11) is -2.94. The average Bonchev–Trinajstić information content (AvgIpc) is 3.05. The average molecular weight is 244 g/mol. The monoisotopic (exact) mass is 244 g/mol. The smallest absolute Gasteiger partial charge is 0.217 e. The van der Waals surface area contributed by atoms with Gasteiger partial charge in [0.15, 0.2) is 0 Å². The van der Waals surface area contributed by atoms with Gasteiger partial charge >= 0.3 is 0 Å². The number of hydrogen-bond acceptors (Lipinski definition) is 3. The third-order valence-corrected chi connectivity index (χ3v) is 6.61. The van der Waals surface area contributed by atoms with Crippen molar-refractivity contribution >= 4 is 10.0 Å². The Morgan fingerprint density at radius 1 is 1.25 bits per heavy atom. The number of sulfonamides is 1. The van der Waals surface area contributed by atoms with Gasteiger partial charge in [0.2, 0.25) is 10.0 Å². The third kappa shape index (κ3) is 1.79. The van der Waals surface area contributed by atoms with Crippen LogP contribution in [0.15, 0.2) is 0 Å². The highest BCUT2D eigenvalue weighted by molar-refractivity contribution is 7.90. The van der Waals surface area contributed by atoms with Crippen LogP contribution >= 0.6 is 0 Å². The topological polar surface area (TPSA) is 49.4 Å². The molecule has 0 radical (unpaired) electrons. The Kier molecular flexibility index (Phi) is 2.53. The first-order valence-electron chi connectivity index (χ1n) is 6.32. The van der Waals surface area contributed by atoms with Crippen LogP contribution < -0.4 is 5.32 Å². The van der Waals surface area contributed by atoms with E-state index in [1.54, 1.807) is 4.31 Å². The predicted octanol–water partition coefficient (Wildman–Crippen LogP) is 0.554. The van der Waals surface area contributed by atoms with Crippen LogP contribution in [0, 0.1) is 5.41 Å². The van der Waals surface area contributed by atoms with Gasteiger partial charge in [-0.05, 0) is 44.1 Å². The van der Waals surface area contributed by atoms with E-state index in [1.807, 2.05) is 0 Å². The van der Waals surface area contributed by atoms with Crippen molar-refractivity contribution in [1.82, 2.24) is 9.62 Å². The van der Waals surface area contributed by atoms with E-state index in [-0.39, 0.29) is 10.7 Å². The Labute approximate surface area is 97.4 Å². The summed E-state index contributed by atoms with van der Waals surface area (Å²) in [6.45, 7) is 3.61. The van der Waals surface area contributed by atoms with Crippen LogP contribution in [0.1, 0.15) is 32.1 Å². The molecule has 2 saturated heterocycles. The molecule has 0 bridgehead atoms. The molecule has 1 N–H and O–H groups in total. The number of rotatable bonds is 2. The number of hydrogen-bond donors (Lipinski definition) is 1. The molecule has 2 heterocycles. The zero-order valence-electron chi connectivity index (χ0n) is 9.61. The van der Waals surface area contributed by atoms with Gasteiger partial charge in [-0.1, -0.05) is 0 Å². The molecule has 1 aliphatic carbocycles. The van der Waals surface area contributed by atoms with Crippen molar-refractivity contribution in [3.8, 4) is 0 Å². The molecule has 3 aliphatic rings. The van der Waals surface area contributed by atoms with Crippen molar-refractivity contribution in [2.24, 2.45) is 5.41 Å². The molecule has 1 saturated carbocycles. The van der Waals surface area contributed by atoms with E-state index in [2.05, 4.69) is 5.32 Å². The van der Waals surface area contributed by atoms with Crippen LogP contribution in [-0.4, -0.2) is 44.2 Å². The summed E-state index contributed by atoms with van der Waals surface area (Å²) in [6.07, 6.45) is 5.19. The standard InChI is InChI=1S/C11H20N2O2S/c14-16(15,10-2-3-10)13-7-5-11(9-13)4-1-6-12-8-11/h10,12H,1-9H2. The van der Waals surface area contributed by atoms with Gasteiger partial charge < -0.3 is 5.32 Å². The minimum atomic E-state index is -2.94. The lowest BCUT2D eigenvalue weighted by molar-refractivity contribution is 0.224. The van der Waals surface area contributed by atoms with Crippen LogP contribution in [-0.2, 0) is 10.0 Å². The molecule has 0 aromatic rings. The first kappa shape index (κ1) is 11.0. The van der Waals surface area contributed by atoms with Gasteiger partial charge in [0.25, 0.3) is 0 Å². The van der Waals surface area contributed by atoms with Crippen molar-refractivity contribution < 1.29 is 8.42 Å². The Balaban J connectivity index is 1.72. The molecule has 92 valence electrons. The molecule has 3 rings (SSSR count). The molecular weight excluding hydrogens is 224 g/mol. The zero-order chi connectivity index (χ0) is 11.2. The maximum Gasteiger partial charge on any atom is 0.217 e. The molecular formula is C11H20N2O2S. The maximum atomic E-state index is 12.1. The van der Waals surface area contributed by atoms with Gasteiger partial charge in [0.1, 0.15) is 0 Å². The fourth-order valence-electron chi connectivity index (χ4n) is 3.07. The van der Waals surface area contributed by atoms with Gasteiger partial charge in [-0.2, -0.15) is 0 Å². The summed E-state index contributed by atoms with van der Waals surface area (Å²) in [5.41, 5.74) is 0.250. The van der Waals surface area contributed by atoms with E-state index in [9.17, 15) is 8.42 Å². The molecule has 2 aliphatic heterocycles. The van der Waals surface area contributed by atoms with Crippen LogP contribution in [0.5, 0.6) is 0 Å². The molecule has 1 unspecified atom stereocenters. The van der Waals surface area contributed by atoms with Crippen molar-refractivity contribution in [2.75, 3.05) is 26.2 Å². The van der Waals surface area contributed by atoms with E-state index < -0.39 is 10.0 Å². The van der Waals surface area contributed by atoms with Crippen molar-refractivity contribution in [3.63, 3.8) is 0 Å². The van der Waals surface area contributed by atoms with Crippen LogP contribution in [0.4, 0.5) is 0 Å². The summed E-state index contributed by atoms with van der Waals surface area (Å²) < 4.78 is 26.0. The van der Waals surface area contributed by atoms with Crippen molar-refractivity contribution in [1.29, 1.82) is 0 Å². The molecule has 1 atom stereocenters. The minimum absolute atomic E-state index is 0.0424. The number of piperidine rings is 1. The lowest BCUT2D eigenvalue weighted by atomic mass is 9.80. The number of nitrogens with zero attached hydrogens (tertiary/aromatic N) is 1. The Morgan fingerprint density at radius 3 is 2.69 bits per heavy atom. The highest BCUT2D eigenvalue weighted by Crippen LogP contribution is 2.40. The maximum absolute atomic E-state index is 12.1. The molecule has 4 nitrogen and oxygen atoms in total. The first-order chi connectivity index (χ1) is 7.62. The molecule has 3 fully saturated rings. The van der Waals surface area contributed by atoms with E-state index in [1.165, 1.54) is 12.8 Å². The second-order valence-electron chi connectivity index (χ2n) is 5.61. The summed E-state index contributed by atoms with van der Waals surface area (Å²) >= 11 is 0. The quantitative estimate of drug-likeness (QED) is 0.772. The fraction of sp³-hybridized carbons (Fsp3) is 1.00. The SMILES string of the molecule is O=S(=O)(C1CC1)N1CCC2(CCCNC2)C1. The first-order valence-corrected chi connectivity index (χ1v) is 7.83. The van der Waals surface area contributed by atoms with Gasteiger partial charge in [-0.15, -0.1) is 0 Å². The Morgan fingerprint density at radius 2 is 2.06 bits per heavy atom. The normalized spacial score (nSPS) is 37.0. The van der Waals surface area contributed by atoms with Gasteiger partial charge in [0.05, 0.1) is 5.25 Å². The van der Waals surface area contributed by atoms with E-state index >= 15 is 0 Å². The summed E-state index contributed by atoms with van der Waals surface area (Å²) in [4.78, 5) is 0. The molecule has 1 spiro atoms. The Bertz CT molecular complexity index is 369. The van der Waals surface area contributed by atoms with Crippen molar-refractivity contribution in [3.05, 3.63) is 0 Å². The van der Waals surface area contributed by atoms with E-state index in [0.29, 0.717) is 0 Å². The Hall–Kier alpha value is -0.130. The largest absolute Gasteiger partial charge is 0.316 e. The third-order valence-electron chi connectivity index (χ3n) is 4.27. The highest BCUT2D eigenvalue weighted by atomic mass is 32.2. The van der Waals surface area contributed by atoms with Gasteiger partial charge in [-0.25, -0.2) is 12.7 Å². The fourth-order valence-corrected chi connectivity index (χ4v) is 5.02. The summed E-state index contributed by atoms with van der Waals surface area (Å²) in [5, 5.41) is 3.37. The molecule has 0 amide bonds. The molecule has 0 aromatic heterocycles. The lowest BCUT2D eigenvalue weighted by Gasteiger charge is -2.33. The highest BCUT2D eigenvalue weighted by Gasteiger charge is 2.47. The van der Waals surface area contributed by atoms with E-state index in [4.69, 9.17) is 0 Å². The molecule has 0 aromatic carbocycles. The molecule has 16 heavy (non-hydrogen) atoms. The van der Waals surface area contributed by atoms with Crippen LogP contribution in [0.3, 0.4) is 0 Å². The summed E-state index contributed by atoms with van der Waals surface area (Å²) in [5.74, 6) is 0. The van der Waals surface area contributed by atoms with Crippen molar-refractivity contribution in [2.45, 2.75) is 37.4 Å². The van der Waals surface area contributed by atoms with Crippen LogP contribution in [0.2, 0.25) is 0 Å². The molecule has 5 heteroatoms. The van der Waals surface area contributed by atoms with Gasteiger partial charge in [0, 0.05) is 19.6 Å². The second kappa shape index (κ2) is 3.68. The van der Waals surface area contributed by atoms with Gasteiger partial charge in [-0.3, -0.25) is 0 Å². The zero-order valence-corrected chi connectivity index (χ0v) is 10.4. The number of nitrogens with one attached hydrogen (secondary N) is 1.